The van der Waals surface area contributed by atoms with E-state index in [1.54, 1.807) is 0 Å². The van der Waals surface area contributed by atoms with Crippen LogP contribution in [0, 0.1) is 0 Å². The van der Waals surface area contributed by atoms with Gasteiger partial charge in [0, 0.05) is 61.8 Å². The summed E-state index contributed by atoms with van der Waals surface area (Å²) in [6.45, 7) is 4.77. The molecule has 8 nitrogen and oxygen atoms in total. The third kappa shape index (κ3) is 5.17. The highest BCUT2D eigenvalue weighted by Crippen LogP contribution is 2.44. The lowest BCUT2D eigenvalue weighted by atomic mass is 10.0. The first-order valence-electron chi connectivity index (χ1n) is 11.8. The molecular weight excluding hydrogens is 416 g/mol. The summed E-state index contributed by atoms with van der Waals surface area (Å²) in [7, 11) is 0. The van der Waals surface area contributed by atoms with E-state index < -0.39 is 0 Å². The van der Waals surface area contributed by atoms with Gasteiger partial charge in [-0.25, -0.2) is 0 Å². The van der Waals surface area contributed by atoms with Crippen LogP contribution < -0.4 is 21.3 Å². The van der Waals surface area contributed by atoms with Gasteiger partial charge in [0.2, 0.25) is 0 Å². The highest BCUT2D eigenvalue weighted by Gasteiger charge is 2.27. The Hall–Kier alpha value is -3.39. The maximum Gasteiger partial charge on any atom is 0.280 e. The molecule has 2 heterocycles. The van der Waals surface area contributed by atoms with Crippen LogP contribution in [0.1, 0.15) is 51.5 Å². The standard InChI is InChI=1S/C25H30N6O2/c32-23(30-25-27-9-2-10-28-25)18-7-8-22(21(16-18)17-5-6-17)29-20-4-1-3-19(15-20)24(33)31-13-11-26-12-14-31/h1,3-4,7-8,15-17,26,29H,2,5-6,9-14H2,(H2,27,28,30,32). The van der Waals surface area contributed by atoms with Crippen molar-refractivity contribution in [2.75, 3.05) is 44.6 Å². The minimum atomic E-state index is -0.246. The van der Waals surface area contributed by atoms with Gasteiger partial charge in [0.25, 0.3) is 11.8 Å². The van der Waals surface area contributed by atoms with Crippen molar-refractivity contribution in [1.29, 1.82) is 0 Å². The summed E-state index contributed by atoms with van der Waals surface area (Å²) in [6, 6.07) is 13.4. The molecule has 0 atom stereocenters. The second-order valence-corrected chi connectivity index (χ2v) is 8.80. The number of carbonyl (C=O) groups is 2. The van der Waals surface area contributed by atoms with E-state index in [0.717, 1.165) is 75.5 Å². The van der Waals surface area contributed by atoms with Crippen molar-refractivity contribution < 1.29 is 9.59 Å². The van der Waals surface area contributed by atoms with Gasteiger partial charge in [-0.15, -0.1) is 0 Å². The van der Waals surface area contributed by atoms with E-state index in [1.165, 1.54) is 0 Å². The van der Waals surface area contributed by atoms with E-state index in [0.29, 0.717) is 23.0 Å². The molecule has 3 aliphatic rings. The molecule has 5 rings (SSSR count). The summed E-state index contributed by atoms with van der Waals surface area (Å²) in [5.74, 6) is 0.813. The minimum absolute atomic E-state index is 0.0626. The fraction of sp³-hybridized carbons (Fsp3) is 0.400. The summed E-state index contributed by atoms with van der Waals surface area (Å²) < 4.78 is 0. The van der Waals surface area contributed by atoms with Crippen molar-refractivity contribution in [3.05, 3.63) is 59.2 Å². The van der Waals surface area contributed by atoms with E-state index in [1.807, 2.05) is 47.4 Å². The Morgan fingerprint density at radius 2 is 1.73 bits per heavy atom. The predicted molar refractivity (Wildman–Crippen MR) is 129 cm³/mol. The summed E-state index contributed by atoms with van der Waals surface area (Å²) >= 11 is 0. The largest absolute Gasteiger partial charge is 0.356 e. The number of piperazine rings is 1. The van der Waals surface area contributed by atoms with E-state index in [9.17, 15) is 9.59 Å². The van der Waals surface area contributed by atoms with Crippen molar-refractivity contribution in [3.8, 4) is 0 Å². The van der Waals surface area contributed by atoms with Gasteiger partial charge in [0.15, 0.2) is 5.96 Å². The minimum Gasteiger partial charge on any atom is -0.356 e. The van der Waals surface area contributed by atoms with Gasteiger partial charge in [-0.3, -0.25) is 9.59 Å². The number of aliphatic imine (C=N–C) groups is 1. The molecule has 1 aliphatic carbocycles. The number of anilines is 2. The Bertz CT molecular complexity index is 1060. The number of guanidine groups is 1. The third-order valence-electron chi connectivity index (χ3n) is 6.26. The van der Waals surface area contributed by atoms with Gasteiger partial charge in [0.1, 0.15) is 0 Å². The van der Waals surface area contributed by atoms with E-state index >= 15 is 0 Å². The number of benzene rings is 2. The van der Waals surface area contributed by atoms with Crippen LogP contribution in [-0.2, 0) is 0 Å². The van der Waals surface area contributed by atoms with Crippen LogP contribution in [0.4, 0.5) is 11.4 Å². The Balaban J connectivity index is 1.34. The normalized spacial score (nSPS) is 18.2. The van der Waals surface area contributed by atoms with E-state index in [-0.39, 0.29) is 11.8 Å². The van der Waals surface area contributed by atoms with E-state index in [2.05, 4.69) is 26.3 Å². The smallest absolute Gasteiger partial charge is 0.280 e. The molecule has 2 saturated heterocycles. The number of rotatable bonds is 5. The average Bonchev–Trinajstić information content (AvgIpc) is 3.71. The topological polar surface area (TPSA) is 97.9 Å². The van der Waals surface area contributed by atoms with Crippen LogP contribution in [-0.4, -0.2) is 61.9 Å². The highest BCUT2D eigenvalue weighted by atomic mass is 16.2. The molecular formula is C25H30N6O2. The van der Waals surface area contributed by atoms with Crippen LogP contribution in [0.5, 0.6) is 0 Å². The van der Waals surface area contributed by atoms with Crippen LogP contribution in [0.15, 0.2) is 47.5 Å². The molecule has 8 heteroatoms. The molecule has 2 aliphatic heterocycles. The molecule has 172 valence electrons. The second-order valence-electron chi connectivity index (χ2n) is 8.80. The number of nitrogens with one attached hydrogen (secondary N) is 4. The molecule has 33 heavy (non-hydrogen) atoms. The maximum absolute atomic E-state index is 12.9. The number of amides is 2. The number of nitrogens with zero attached hydrogens (tertiary/aromatic N) is 2. The number of hydrogen-bond acceptors (Lipinski definition) is 4. The third-order valence-corrected chi connectivity index (χ3v) is 6.26. The molecule has 2 aromatic rings. The van der Waals surface area contributed by atoms with Gasteiger partial charge >= 0.3 is 0 Å². The zero-order valence-electron chi connectivity index (χ0n) is 18.7. The molecule has 2 amide bonds. The first-order chi connectivity index (χ1) is 16.2. The van der Waals surface area contributed by atoms with Crippen LogP contribution in [0.2, 0.25) is 0 Å². The van der Waals surface area contributed by atoms with Gasteiger partial charge in [-0.2, -0.15) is 4.99 Å². The predicted octanol–water partition coefficient (Wildman–Crippen LogP) is 2.43. The van der Waals surface area contributed by atoms with Crippen molar-refractivity contribution in [1.82, 2.24) is 20.9 Å². The molecule has 0 aromatic heterocycles. The second kappa shape index (κ2) is 9.62. The Kier molecular flexibility index (Phi) is 6.26. The molecule has 3 fully saturated rings. The molecule has 1 saturated carbocycles. The Labute approximate surface area is 193 Å². The SMILES string of the molecule is O=C(N=C1NCCCN1)c1ccc(Nc2cccc(C(=O)N3CCNCC3)c2)c(C2CC2)c1. The molecule has 0 spiro atoms. The van der Waals surface area contributed by atoms with Crippen molar-refractivity contribution >= 4 is 29.1 Å². The Morgan fingerprint density at radius 3 is 2.48 bits per heavy atom. The summed E-state index contributed by atoms with van der Waals surface area (Å²) in [6.07, 6.45) is 3.25. The zero-order valence-corrected chi connectivity index (χ0v) is 18.7. The lowest BCUT2D eigenvalue weighted by molar-refractivity contribution is 0.0735. The van der Waals surface area contributed by atoms with Crippen molar-refractivity contribution in [3.63, 3.8) is 0 Å². The maximum atomic E-state index is 12.9. The van der Waals surface area contributed by atoms with Crippen molar-refractivity contribution in [2.24, 2.45) is 4.99 Å². The van der Waals surface area contributed by atoms with Crippen LogP contribution in [0.3, 0.4) is 0 Å². The van der Waals surface area contributed by atoms with Gasteiger partial charge in [-0.05, 0) is 67.1 Å². The molecule has 0 unspecified atom stereocenters. The lowest BCUT2D eigenvalue weighted by Crippen LogP contribution is -2.46. The Morgan fingerprint density at radius 1 is 0.939 bits per heavy atom. The molecule has 0 radical (unpaired) electrons. The fourth-order valence-corrected chi connectivity index (χ4v) is 4.29. The van der Waals surface area contributed by atoms with E-state index in [4.69, 9.17) is 0 Å². The van der Waals surface area contributed by atoms with Gasteiger partial charge < -0.3 is 26.2 Å². The molecule has 2 aromatic carbocycles. The van der Waals surface area contributed by atoms with Crippen molar-refractivity contribution in [2.45, 2.75) is 25.2 Å². The summed E-state index contributed by atoms with van der Waals surface area (Å²) in [5.41, 5.74) is 4.25. The monoisotopic (exact) mass is 446 g/mol. The number of carbonyl (C=O) groups excluding carboxylic acids is 2. The number of hydrogen-bond donors (Lipinski definition) is 4. The molecule has 4 N–H and O–H groups in total. The fourth-order valence-electron chi connectivity index (χ4n) is 4.29. The zero-order chi connectivity index (χ0) is 22.6. The van der Waals surface area contributed by atoms with Gasteiger partial charge in [0.05, 0.1) is 0 Å². The highest BCUT2D eigenvalue weighted by molar-refractivity contribution is 6.03. The average molecular weight is 447 g/mol. The van der Waals surface area contributed by atoms with Crippen LogP contribution in [0.25, 0.3) is 0 Å². The summed E-state index contributed by atoms with van der Waals surface area (Å²) in [4.78, 5) is 31.7. The lowest BCUT2D eigenvalue weighted by Gasteiger charge is -2.27. The first-order valence-corrected chi connectivity index (χ1v) is 11.8. The summed E-state index contributed by atoms with van der Waals surface area (Å²) in [5, 5.41) is 13.0. The quantitative estimate of drug-likeness (QED) is 0.563. The molecule has 0 bridgehead atoms. The first kappa shape index (κ1) is 21.5. The van der Waals surface area contributed by atoms with Gasteiger partial charge in [-0.1, -0.05) is 6.07 Å². The van der Waals surface area contributed by atoms with Crippen LogP contribution >= 0.6 is 0 Å².